The maximum Gasteiger partial charge on any atom is 0.123 e. The summed E-state index contributed by atoms with van der Waals surface area (Å²) in [4.78, 5) is 16.1. The Kier molecular flexibility index (Phi) is 3.69. The summed E-state index contributed by atoms with van der Waals surface area (Å²) in [5.74, 6) is 0.0889. The lowest BCUT2D eigenvalue weighted by Gasteiger charge is -2.05. The van der Waals surface area contributed by atoms with Gasteiger partial charge in [-0.15, -0.1) is 11.3 Å². The molecule has 1 aromatic heterocycles. The number of hydrogen-bond donors (Lipinski definition) is 0. The van der Waals surface area contributed by atoms with Crippen LogP contribution in [0.15, 0.2) is 29.8 Å². The van der Waals surface area contributed by atoms with Crippen LogP contribution in [-0.4, -0.2) is 11.3 Å². The average Bonchev–Trinajstić information content (AvgIpc) is 2.76. The fourth-order valence-electron chi connectivity index (χ4n) is 1.79. The van der Waals surface area contributed by atoms with Crippen molar-refractivity contribution in [2.24, 2.45) is 5.92 Å². The summed E-state index contributed by atoms with van der Waals surface area (Å²) in [6.45, 7) is 3.96. The zero-order valence-corrected chi connectivity index (χ0v) is 10.8. The number of carbonyl (C=O) groups is 1. The predicted octanol–water partition coefficient (Wildman–Crippen LogP) is 3.50. The summed E-state index contributed by atoms with van der Waals surface area (Å²) in [6, 6.07) is 8.39. The second-order valence-electron chi connectivity index (χ2n) is 4.28. The molecule has 0 spiro atoms. The number of rotatable bonds is 4. The summed E-state index contributed by atoms with van der Waals surface area (Å²) in [7, 11) is 0. The van der Waals surface area contributed by atoms with E-state index in [4.69, 9.17) is 0 Å². The molecule has 1 heterocycles. The number of thiazole rings is 1. The Morgan fingerprint density at radius 3 is 2.59 bits per heavy atom. The van der Waals surface area contributed by atoms with Gasteiger partial charge >= 0.3 is 0 Å². The molecule has 3 heteroatoms. The minimum absolute atomic E-state index is 0.0889. The number of aryl methyl sites for hydroxylation is 1. The predicted molar refractivity (Wildman–Crippen MR) is 71.2 cm³/mol. The van der Waals surface area contributed by atoms with Gasteiger partial charge in [-0.3, -0.25) is 0 Å². The third kappa shape index (κ3) is 2.80. The van der Waals surface area contributed by atoms with Gasteiger partial charge in [-0.2, -0.15) is 0 Å². The fourth-order valence-corrected chi connectivity index (χ4v) is 2.60. The van der Waals surface area contributed by atoms with Crippen molar-refractivity contribution in [1.82, 2.24) is 4.98 Å². The van der Waals surface area contributed by atoms with Crippen LogP contribution in [0.5, 0.6) is 0 Å². The highest BCUT2D eigenvalue weighted by molar-refractivity contribution is 7.13. The maximum atomic E-state index is 10.6. The molecule has 0 bridgehead atoms. The second-order valence-corrected chi connectivity index (χ2v) is 5.14. The molecule has 0 aliphatic rings. The number of nitrogens with zero attached hydrogens (tertiary/aromatic N) is 1. The smallest absolute Gasteiger partial charge is 0.123 e. The minimum atomic E-state index is 0.0889. The molecular formula is C14H15NOS. The van der Waals surface area contributed by atoms with Gasteiger partial charge in [0.05, 0.1) is 16.1 Å². The second kappa shape index (κ2) is 5.23. The van der Waals surface area contributed by atoms with E-state index in [-0.39, 0.29) is 5.92 Å². The Bertz CT molecular complexity index is 501. The molecular weight excluding hydrogens is 230 g/mol. The van der Waals surface area contributed by atoms with E-state index in [0.29, 0.717) is 0 Å². The number of aldehydes is 1. The highest BCUT2D eigenvalue weighted by atomic mass is 32.1. The normalized spacial score (nSPS) is 12.4. The SMILES string of the molecule is Cc1ncsc1-c1ccc(CC(C)C=O)cc1. The number of benzene rings is 1. The maximum absolute atomic E-state index is 10.6. The molecule has 0 saturated carbocycles. The molecule has 0 aliphatic carbocycles. The summed E-state index contributed by atoms with van der Waals surface area (Å²) >= 11 is 1.66. The topological polar surface area (TPSA) is 30.0 Å². The average molecular weight is 245 g/mol. The molecule has 88 valence electrons. The van der Waals surface area contributed by atoms with Crippen molar-refractivity contribution in [3.63, 3.8) is 0 Å². The van der Waals surface area contributed by atoms with E-state index in [1.165, 1.54) is 16.0 Å². The van der Waals surface area contributed by atoms with Crippen molar-refractivity contribution in [1.29, 1.82) is 0 Å². The van der Waals surface area contributed by atoms with Crippen LogP contribution in [0.4, 0.5) is 0 Å². The Morgan fingerprint density at radius 1 is 1.35 bits per heavy atom. The van der Waals surface area contributed by atoms with E-state index >= 15 is 0 Å². The van der Waals surface area contributed by atoms with Crippen LogP contribution in [0.3, 0.4) is 0 Å². The first-order chi connectivity index (χ1) is 8.20. The zero-order chi connectivity index (χ0) is 12.3. The lowest BCUT2D eigenvalue weighted by Crippen LogP contribution is -2.00. The Hall–Kier alpha value is -1.48. The van der Waals surface area contributed by atoms with Gasteiger partial charge in [0.1, 0.15) is 6.29 Å². The molecule has 1 atom stereocenters. The van der Waals surface area contributed by atoms with Crippen LogP contribution in [0.1, 0.15) is 18.2 Å². The Labute approximate surface area is 105 Å². The molecule has 0 fully saturated rings. The summed E-state index contributed by atoms with van der Waals surface area (Å²) in [5.41, 5.74) is 5.35. The van der Waals surface area contributed by atoms with Crippen molar-refractivity contribution >= 4 is 17.6 Å². The standard InChI is InChI=1S/C14H15NOS/c1-10(8-16)7-12-3-5-13(6-4-12)14-11(2)15-9-17-14/h3-6,8-10H,7H2,1-2H3. The fraction of sp³-hybridized carbons (Fsp3) is 0.286. The number of aromatic nitrogens is 1. The molecule has 0 aliphatic heterocycles. The zero-order valence-electron chi connectivity index (χ0n) is 10.0. The van der Waals surface area contributed by atoms with E-state index < -0.39 is 0 Å². The largest absolute Gasteiger partial charge is 0.303 e. The lowest BCUT2D eigenvalue weighted by atomic mass is 10.0. The van der Waals surface area contributed by atoms with E-state index in [0.717, 1.165) is 18.4 Å². The van der Waals surface area contributed by atoms with E-state index in [1.807, 2.05) is 19.4 Å². The van der Waals surface area contributed by atoms with Gasteiger partial charge in [0.15, 0.2) is 0 Å². The van der Waals surface area contributed by atoms with Crippen molar-refractivity contribution in [3.05, 3.63) is 41.0 Å². The van der Waals surface area contributed by atoms with Crippen molar-refractivity contribution in [2.75, 3.05) is 0 Å². The van der Waals surface area contributed by atoms with Gasteiger partial charge in [0.25, 0.3) is 0 Å². The molecule has 0 amide bonds. The van der Waals surface area contributed by atoms with Crippen molar-refractivity contribution in [3.8, 4) is 10.4 Å². The molecule has 1 unspecified atom stereocenters. The van der Waals surface area contributed by atoms with Crippen LogP contribution in [-0.2, 0) is 11.2 Å². The van der Waals surface area contributed by atoms with Crippen LogP contribution < -0.4 is 0 Å². The minimum Gasteiger partial charge on any atom is -0.303 e. The van der Waals surface area contributed by atoms with Gasteiger partial charge < -0.3 is 4.79 Å². The van der Waals surface area contributed by atoms with Crippen molar-refractivity contribution in [2.45, 2.75) is 20.3 Å². The van der Waals surface area contributed by atoms with Crippen LogP contribution in [0.25, 0.3) is 10.4 Å². The van der Waals surface area contributed by atoms with Gasteiger partial charge in [0.2, 0.25) is 0 Å². The molecule has 0 saturated heterocycles. The molecule has 0 radical (unpaired) electrons. The van der Waals surface area contributed by atoms with E-state index in [2.05, 4.69) is 29.2 Å². The molecule has 1 aromatic carbocycles. The molecule has 0 N–H and O–H groups in total. The third-order valence-electron chi connectivity index (χ3n) is 2.75. The number of hydrogen-bond acceptors (Lipinski definition) is 3. The highest BCUT2D eigenvalue weighted by Gasteiger charge is 2.06. The van der Waals surface area contributed by atoms with Crippen molar-refractivity contribution < 1.29 is 4.79 Å². The highest BCUT2D eigenvalue weighted by Crippen LogP contribution is 2.27. The third-order valence-corrected chi connectivity index (χ3v) is 3.73. The van der Waals surface area contributed by atoms with E-state index in [1.54, 1.807) is 11.3 Å². The first-order valence-corrected chi connectivity index (χ1v) is 6.53. The molecule has 2 aromatic rings. The van der Waals surface area contributed by atoms with Gasteiger partial charge in [-0.1, -0.05) is 31.2 Å². The van der Waals surface area contributed by atoms with Crippen LogP contribution >= 0.6 is 11.3 Å². The monoisotopic (exact) mass is 245 g/mol. The first kappa shape index (κ1) is 12.0. The van der Waals surface area contributed by atoms with Gasteiger partial charge in [0, 0.05) is 5.92 Å². The van der Waals surface area contributed by atoms with Gasteiger partial charge in [-0.25, -0.2) is 4.98 Å². The lowest BCUT2D eigenvalue weighted by molar-refractivity contribution is -0.110. The molecule has 2 nitrogen and oxygen atoms in total. The molecule has 2 rings (SSSR count). The molecule has 17 heavy (non-hydrogen) atoms. The summed E-state index contributed by atoms with van der Waals surface area (Å²) in [6.07, 6.45) is 1.81. The van der Waals surface area contributed by atoms with Gasteiger partial charge in [-0.05, 0) is 24.5 Å². The summed E-state index contributed by atoms with van der Waals surface area (Å²) in [5, 5.41) is 0. The summed E-state index contributed by atoms with van der Waals surface area (Å²) < 4.78 is 0. The van der Waals surface area contributed by atoms with Crippen LogP contribution in [0.2, 0.25) is 0 Å². The first-order valence-electron chi connectivity index (χ1n) is 5.65. The Balaban J connectivity index is 2.19. The number of carbonyl (C=O) groups excluding carboxylic acids is 1. The van der Waals surface area contributed by atoms with E-state index in [9.17, 15) is 4.79 Å². The quantitative estimate of drug-likeness (QED) is 0.772. The Morgan fingerprint density at radius 2 is 2.06 bits per heavy atom. The van der Waals surface area contributed by atoms with Crippen LogP contribution in [0, 0.1) is 12.8 Å².